The fourth-order valence-corrected chi connectivity index (χ4v) is 1.73. The lowest BCUT2D eigenvalue weighted by Gasteiger charge is -2.07. The third kappa shape index (κ3) is 3.55. The first kappa shape index (κ1) is 13.1. The van der Waals surface area contributed by atoms with Crippen molar-refractivity contribution in [2.45, 2.75) is 20.4 Å². The van der Waals surface area contributed by atoms with Crippen molar-refractivity contribution >= 4 is 11.6 Å². The van der Waals surface area contributed by atoms with Gasteiger partial charge in [0.25, 0.3) is 5.56 Å². The summed E-state index contributed by atoms with van der Waals surface area (Å²) in [6, 6.07) is 10.8. The van der Waals surface area contributed by atoms with E-state index in [-0.39, 0.29) is 18.0 Å². The highest BCUT2D eigenvalue weighted by Gasteiger charge is 2.04. The fraction of sp³-hybridized carbons (Fsp3) is 0.200. The molecular weight excluding hydrogens is 240 g/mol. The first-order chi connectivity index (χ1) is 9.04. The molecule has 4 nitrogen and oxygen atoms in total. The van der Waals surface area contributed by atoms with Crippen molar-refractivity contribution in [3.63, 3.8) is 0 Å². The third-order valence-electron chi connectivity index (χ3n) is 2.80. The van der Waals surface area contributed by atoms with E-state index in [0.29, 0.717) is 0 Å². The summed E-state index contributed by atoms with van der Waals surface area (Å²) in [5.74, 6) is -0.213. The molecule has 0 aliphatic heterocycles. The van der Waals surface area contributed by atoms with Crippen LogP contribution in [0.3, 0.4) is 0 Å². The molecule has 0 fully saturated rings. The molecule has 1 aromatic carbocycles. The minimum Gasteiger partial charge on any atom is -0.325 e. The summed E-state index contributed by atoms with van der Waals surface area (Å²) in [5.41, 5.74) is 2.59. The third-order valence-corrected chi connectivity index (χ3v) is 2.80. The molecular formula is C15H16N2O2. The molecule has 1 amide bonds. The highest BCUT2D eigenvalue weighted by Crippen LogP contribution is 2.08. The molecule has 1 heterocycles. The predicted molar refractivity (Wildman–Crippen MR) is 75.2 cm³/mol. The molecule has 0 radical (unpaired) electrons. The standard InChI is InChI=1S/C15H16N2O2/c1-11-3-5-13(6-4-11)16-14(18)10-17-8-7-12(2)9-15(17)19/h3-9H,10H2,1-2H3,(H,16,18). The van der Waals surface area contributed by atoms with E-state index in [4.69, 9.17) is 0 Å². The van der Waals surface area contributed by atoms with Crippen LogP contribution < -0.4 is 10.9 Å². The summed E-state index contributed by atoms with van der Waals surface area (Å²) in [6.45, 7) is 3.85. The second kappa shape index (κ2) is 5.52. The zero-order valence-electron chi connectivity index (χ0n) is 11.0. The highest BCUT2D eigenvalue weighted by molar-refractivity contribution is 5.90. The van der Waals surface area contributed by atoms with Crippen molar-refractivity contribution in [1.82, 2.24) is 4.57 Å². The van der Waals surface area contributed by atoms with Crippen LogP contribution in [0.25, 0.3) is 0 Å². The van der Waals surface area contributed by atoms with Crippen molar-refractivity contribution in [3.8, 4) is 0 Å². The predicted octanol–water partition coefficient (Wildman–Crippen LogP) is 2.10. The van der Waals surface area contributed by atoms with Gasteiger partial charge in [0.2, 0.25) is 5.91 Å². The number of rotatable bonds is 3. The van der Waals surface area contributed by atoms with Gasteiger partial charge < -0.3 is 9.88 Å². The zero-order valence-corrected chi connectivity index (χ0v) is 11.0. The Labute approximate surface area is 111 Å². The summed E-state index contributed by atoms with van der Waals surface area (Å²) in [7, 11) is 0. The number of carbonyl (C=O) groups is 1. The number of nitrogens with one attached hydrogen (secondary N) is 1. The highest BCUT2D eigenvalue weighted by atomic mass is 16.2. The molecule has 0 saturated heterocycles. The maximum absolute atomic E-state index is 11.8. The van der Waals surface area contributed by atoms with Crippen LogP contribution in [0, 0.1) is 13.8 Å². The van der Waals surface area contributed by atoms with E-state index in [1.807, 2.05) is 38.1 Å². The van der Waals surface area contributed by atoms with Crippen LogP contribution in [0.1, 0.15) is 11.1 Å². The lowest BCUT2D eigenvalue weighted by molar-refractivity contribution is -0.116. The Kier molecular flexibility index (Phi) is 3.80. The topological polar surface area (TPSA) is 51.1 Å². The molecule has 98 valence electrons. The summed E-state index contributed by atoms with van der Waals surface area (Å²) in [5, 5.41) is 2.76. The summed E-state index contributed by atoms with van der Waals surface area (Å²) in [6.07, 6.45) is 1.63. The zero-order chi connectivity index (χ0) is 13.8. The van der Waals surface area contributed by atoms with Crippen molar-refractivity contribution in [2.24, 2.45) is 0 Å². The van der Waals surface area contributed by atoms with Gasteiger partial charge in [-0.25, -0.2) is 0 Å². The van der Waals surface area contributed by atoms with Gasteiger partial charge in [-0.3, -0.25) is 9.59 Å². The Morgan fingerprint density at radius 3 is 2.42 bits per heavy atom. The second-order valence-electron chi connectivity index (χ2n) is 4.58. The minimum absolute atomic E-state index is 0.0208. The van der Waals surface area contributed by atoms with E-state index in [2.05, 4.69) is 5.32 Å². The Hall–Kier alpha value is -2.36. The van der Waals surface area contributed by atoms with E-state index in [0.717, 1.165) is 16.8 Å². The van der Waals surface area contributed by atoms with Gasteiger partial charge in [0.05, 0.1) is 0 Å². The lowest BCUT2D eigenvalue weighted by atomic mass is 10.2. The Morgan fingerprint density at radius 1 is 1.11 bits per heavy atom. The van der Waals surface area contributed by atoms with Crippen molar-refractivity contribution in [2.75, 3.05) is 5.32 Å². The minimum atomic E-state index is -0.213. The molecule has 1 N–H and O–H groups in total. The van der Waals surface area contributed by atoms with Crippen LogP contribution in [-0.4, -0.2) is 10.5 Å². The molecule has 2 rings (SSSR count). The monoisotopic (exact) mass is 256 g/mol. The van der Waals surface area contributed by atoms with Gasteiger partial charge in [-0.15, -0.1) is 0 Å². The normalized spacial score (nSPS) is 10.2. The van der Waals surface area contributed by atoms with Crippen molar-refractivity contribution < 1.29 is 4.79 Å². The van der Waals surface area contributed by atoms with Crippen LogP contribution in [0.4, 0.5) is 5.69 Å². The Balaban J connectivity index is 2.05. The molecule has 0 spiro atoms. The summed E-state index contributed by atoms with van der Waals surface area (Å²) in [4.78, 5) is 23.5. The molecule has 4 heteroatoms. The van der Waals surface area contributed by atoms with Crippen LogP contribution in [0.5, 0.6) is 0 Å². The lowest BCUT2D eigenvalue weighted by Crippen LogP contribution is -2.26. The van der Waals surface area contributed by atoms with Gasteiger partial charge in [-0.2, -0.15) is 0 Å². The Morgan fingerprint density at radius 2 is 1.79 bits per heavy atom. The molecule has 0 unspecified atom stereocenters. The number of amides is 1. The van der Waals surface area contributed by atoms with E-state index in [9.17, 15) is 9.59 Å². The number of hydrogen-bond donors (Lipinski definition) is 1. The number of pyridine rings is 1. The number of aryl methyl sites for hydroxylation is 2. The van der Waals surface area contributed by atoms with Gasteiger partial charge in [0.15, 0.2) is 0 Å². The summed E-state index contributed by atoms with van der Waals surface area (Å²) >= 11 is 0. The summed E-state index contributed by atoms with van der Waals surface area (Å²) < 4.78 is 1.39. The average Bonchev–Trinajstić information content (AvgIpc) is 2.36. The van der Waals surface area contributed by atoms with E-state index in [1.54, 1.807) is 12.3 Å². The number of nitrogens with zero attached hydrogens (tertiary/aromatic N) is 1. The molecule has 0 bridgehead atoms. The molecule has 0 aliphatic carbocycles. The molecule has 19 heavy (non-hydrogen) atoms. The maximum Gasteiger partial charge on any atom is 0.251 e. The Bertz CT molecular complexity index is 642. The second-order valence-corrected chi connectivity index (χ2v) is 4.58. The van der Waals surface area contributed by atoms with Crippen molar-refractivity contribution in [3.05, 3.63) is 64.1 Å². The fourth-order valence-electron chi connectivity index (χ4n) is 1.73. The first-order valence-electron chi connectivity index (χ1n) is 6.08. The van der Waals surface area contributed by atoms with Gasteiger partial charge in [-0.05, 0) is 37.6 Å². The van der Waals surface area contributed by atoms with Gasteiger partial charge in [0, 0.05) is 18.0 Å². The maximum atomic E-state index is 11.8. The van der Waals surface area contributed by atoms with Crippen LogP contribution >= 0.6 is 0 Å². The largest absolute Gasteiger partial charge is 0.325 e. The van der Waals surface area contributed by atoms with Gasteiger partial charge in [-0.1, -0.05) is 17.7 Å². The quantitative estimate of drug-likeness (QED) is 0.914. The smallest absolute Gasteiger partial charge is 0.251 e. The number of aromatic nitrogens is 1. The molecule has 0 atom stereocenters. The molecule has 0 saturated carbocycles. The van der Waals surface area contributed by atoms with E-state index in [1.165, 1.54) is 10.6 Å². The average molecular weight is 256 g/mol. The number of anilines is 1. The van der Waals surface area contributed by atoms with E-state index < -0.39 is 0 Å². The molecule has 2 aromatic rings. The molecule has 0 aliphatic rings. The van der Waals surface area contributed by atoms with Crippen LogP contribution in [-0.2, 0) is 11.3 Å². The number of hydrogen-bond acceptors (Lipinski definition) is 2. The first-order valence-corrected chi connectivity index (χ1v) is 6.08. The van der Waals surface area contributed by atoms with Crippen LogP contribution in [0.15, 0.2) is 47.4 Å². The number of benzene rings is 1. The van der Waals surface area contributed by atoms with Gasteiger partial charge in [0.1, 0.15) is 6.54 Å². The van der Waals surface area contributed by atoms with Gasteiger partial charge >= 0.3 is 0 Å². The number of carbonyl (C=O) groups excluding carboxylic acids is 1. The van der Waals surface area contributed by atoms with Crippen molar-refractivity contribution in [1.29, 1.82) is 0 Å². The van der Waals surface area contributed by atoms with E-state index >= 15 is 0 Å². The molecule has 1 aromatic heterocycles. The SMILES string of the molecule is Cc1ccc(NC(=O)Cn2ccc(C)cc2=O)cc1. The van der Waals surface area contributed by atoms with Crippen LogP contribution in [0.2, 0.25) is 0 Å².